The smallest absolute Gasteiger partial charge is 0.261 e. The first-order valence-electron chi connectivity index (χ1n) is 7.72. The lowest BCUT2D eigenvalue weighted by atomic mass is 10.1. The van der Waals surface area contributed by atoms with Gasteiger partial charge in [-0.05, 0) is 37.6 Å². The van der Waals surface area contributed by atoms with E-state index in [1.165, 1.54) is 0 Å². The largest absolute Gasteiger partial charge is 0.352 e. The van der Waals surface area contributed by atoms with Crippen LogP contribution in [0.3, 0.4) is 0 Å². The number of carbonyl (C=O) groups is 3. The third-order valence-electron chi connectivity index (χ3n) is 4.16. The number of benzene rings is 1. The molecule has 0 bridgehead atoms. The molecular weight excluding hydrogens is 398 g/mol. The Hall–Kier alpha value is -1.44. The summed E-state index contributed by atoms with van der Waals surface area (Å²) in [7, 11) is 0. The molecule has 24 heavy (non-hydrogen) atoms. The fraction of sp³-hybridized carbons (Fsp3) is 0.438. The van der Waals surface area contributed by atoms with E-state index in [0.29, 0.717) is 11.1 Å². The van der Waals surface area contributed by atoms with Crippen LogP contribution in [-0.4, -0.2) is 48.3 Å². The number of halogens is 2. The number of imide groups is 1. The van der Waals surface area contributed by atoms with E-state index < -0.39 is 0 Å². The zero-order valence-corrected chi connectivity index (χ0v) is 15.4. The number of hydrogen-bond donors (Lipinski definition) is 2. The third-order valence-corrected chi connectivity index (χ3v) is 4.65. The molecule has 6 nitrogen and oxygen atoms in total. The maximum absolute atomic E-state index is 12.3. The second-order valence-electron chi connectivity index (χ2n) is 5.81. The highest BCUT2D eigenvalue weighted by Gasteiger charge is 2.35. The van der Waals surface area contributed by atoms with Crippen molar-refractivity contribution in [1.82, 2.24) is 15.5 Å². The average Bonchev–Trinajstić information content (AvgIpc) is 2.77. The minimum absolute atomic E-state index is 0. The maximum atomic E-state index is 12.3. The summed E-state index contributed by atoms with van der Waals surface area (Å²) in [5.41, 5.74) is 0.788. The standard InChI is InChI=1S/C16H18BrN3O3.ClH/c17-10-3-4-12-13(8-10)16(23)20(15(12)22)7-5-14(21)19-11-2-1-6-18-9-11;/h3-4,8,11,18H,1-2,5-7,9H2,(H,19,21);1H/t11-;/m0./s1. The van der Waals surface area contributed by atoms with Gasteiger partial charge in [-0.3, -0.25) is 19.3 Å². The van der Waals surface area contributed by atoms with Crippen LogP contribution in [0.5, 0.6) is 0 Å². The summed E-state index contributed by atoms with van der Waals surface area (Å²) in [5.74, 6) is -0.792. The first-order chi connectivity index (χ1) is 11.1. The topological polar surface area (TPSA) is 78.5 Å². The van der Waals surface area contributed by atoms with Gasteiger partial charge in [0.25, 0.3) is 11.8 Å². The van der Waals surface area contributed by atoms with E-state index in [1.807, 2.05) is 0 Å². The molecule has 2 aliphatic heterocycles. The van der Waals surface area contributed by atoms with Crippen molar-refractivity contribution in [3.63, 3.8) is 0 Å². The molecule has 8 heteroatoms. The highest BCUT2D eigenvalue weighted by Crippen LogP contribution is 2.26. The highest BCUT2D eigenvalue weighted by atomic mass is 79.9. The van der Waals surface area contributed by atoms with Gasteiger partial charge in [-0.25, -0.2) is 0 Å². The van der Waals surface area contributed by atoms with Gasteiger partial charge in [0.2, 0.25) is 5.91 Å². The monoisotopic (exact) mass is 415 g/mol. The Morgan fingerprint density at radius 3 is 2.75 bits per heavy atom. The predicted molar refractivity (Wildman–Crippen MR) is 95.4 cm³/mol. The summed E-state index contributed by atoms with van der Waals surface area (Å²) in [6.07, 6.45) is 2.13. The fourth-order valence-electron chi connectivity index (χ4n) is 2.95. The van der Waals surface area contributed by atoms with Crippen molar-refractivity contribution in [3.05, 3.63) is 33.8 Å². The van der Waals surface area contributed by atoms with Crippen LogP contribution < -0.4 is 10.6 Å². The Bertz CT molecular complexity index is 662. The van der Waals surface area contributed by atoms with E-state index in [2.05, 4.69) is 26.6 Å². The Balaban J connectivity index is 0.00000208. The van der Waals surface area contributed by atoms with Gasteiger partial charge in [0.1, 0.15) is 0 Å². The van der Waals surface area contributed by atoms with Crippen LogP contribution in [0, 0.1) is 0 Å². The van der Waals surface area contributed by atoms with Gasteiger partial charge in [0, 0.05) is 30.0 Å². The minimum Gasteiger partial charge on any atom is -0.352 e. The summed E-state index contributed by atoms with van der Waals surface area (Å²) >= 11 is 3.30. The number of piperidine rings is 1. The maximum Gasteiger partial charge on any atom is 0.261 e. The van der Waals surface area contributed by atoms with Crippen LogP contribution in [0.4, 0.5) is 0 Å². The molecular formula is C16H19BrClN3O3. The second-order valence-corrected chi connectivity index (χ2v) is 6.73. The van der Waals surface area contributed by atoms with E-state index in [0.717, 1.165) is 35.3 Å². The first-order valence-corrected chi connectivity index (χ1v) is 8.51. The summed E-state index contributed by atoms with van der Waals surface area (Å²) in [6, 6.07) is 5.14. The van der Waals surface area contributed by atoms with Crippen LogP contribution in [0.15, 0.2) is 22.7 Å². The Labute approximate surface area is 154 Å². The number of hydrogen-bond acceptors (Lipinski definition) is 4. The minimum atomic E-state index is -0.335. The molecule has 0 aromatic heterocycles. The lowest BCUT2D eigenvalue weighted by molar-refractivity contribution is -0.122. The SMILES string of the molecule is Cl.O=C(CCN1C(=O)c2ccc(Br)cc2C1=O)N[C@H]1CCCNC1. The van der Waals surface area contributed by atoms with Gasteiger partial charge in [-0.15, -0.1) is 12.4 Å². The summed E-state index contributed by atoms with van der Waals surface area (Å²) in [4.78, 5) is 37.7. The van der Waals surface area contributed by atoms with Gasteiger partial charge in [-0.1, -0.05) is 15.9 Å². The van der Waals surface area contributed by atoms with Crippen LogP contribution in [-0.2, 0) is 4.79 Å². The Morgan fingerprint density at radius 1 is 1.29 bits per heavy atom. The van der Waals surface area contributed by atoms with Crippen LogP contribution >= 0.6 is 28.3 Å². The zero-order valence-electron chi connectivity index (χ0n) is 13.0. The van der Waals surface area contributed by atoms with Crippen molar-refractivity contribution in [1.29, 1.82) is 0 Å². The van der Waals surface area contributed by atoms with E-state index in [-0.39, 0.29) is 49.1 Å². The van der Waals surface area contributed by atoms with Crippen molar-refractivity contribution in [3.8, 4) is 0 Å². The lowest BCUT2D eigenvalue weighted by Crippen LogP contribution is -2.46. The van der Waals surface area contributed by atoms with Gasteiger partial charge >= 0.3 is 0 Å². The molecule has 3 rings (SSSR count). The Kier molecular flexibility index (Phi) is 6.37. The molecule has 1 fully saturated rings. The van der Waals surface area contributed by atoms with Crippen LogP contribution in [0.25, 0.3) is 0 Å². The molecule has 130 valence electrons. The molecule has 1 saturated heterocycles. The molecule has 1 aromatic carbocycles. The third kappa shape index (κ3) is 3.96. The molecule has 1 aromatic rings. The number of nitrogens with one attached hydrogen (secondary N) is 2. The molecule has 0 unspecified atom stereocenters. The van der Waals surface area contributed by atoms with E-state index >= 15 is 0 Å². The van der Waals surface area contributed by atoms with Gasteiger partial charge in [0.15, 0.2) is 0 Å². The number of rotatable bonds is 4. The van der Waals surface area contributed by atoms with E-state index in [4.69, 9.17) is 0 Å². The van der Waals surface area contributed by atoms with E-state index in [9.17, 15) is 14.4 Å². The lowest BCUT2D eigenvalue weighted by Gasteiger charge is -2.24. The quantitative estimate of drug-likeness (QED) is 0.733. The molecule has 1 atom stereocenters. The van der Waals surface area contributed by atoms with Crippen molar-refractivity contribution in [2.75, 3.05) is 19.6 Å². The van der Waals surface area contributed by atoms with Crippen molar-refractivity contribution >= 4 is 46.1 Å². The fourth-order valence-corrected chi connectivity index (χ4v) is 3.32. The zero-order chi connectivity index (χ0) is 16.4. The van der Waals surface area contributed by atoms with Crippen molar-refractivity contribution in [2.45, 2.75) is 25.3 Å². The van der Waals surface area contributed by atoms with Gasteiger partial charge < -0.3 is 10.6 Å². The normalized spacial score (nSPS) is 19.7. The summed E-state index contributed by atoms with van der Waals surface area (Å²) in [6.45, 7) is 1.86. The number of nitrogens with zero attached hydrogens (tertiary/aromatic N) is 1. The molecule has 0 spiro atoms. The molecule has 2 N–H and O–H groups in total. The van der Waals surface area contributed by atoms with Crippen molar-refractivity contribution < 1.29 is 14.4 Å². The average molecular weight is 417 g/mol. The molecule has 0 aliphatic carbocycles. The predicted octanol–water partition coefficient (Wildman–Crippen LogP) is 1.73. The molecule has 0 saturated carbocycles. The van der Waals surface area contributed by atoms with Gasteiger partial charge in [-0.2, -0.15) is 0 Å². The summed E-state index contributed by atoms with van der Waals surface area (Å²) in [5, 5.41) is 6.18. The first kappa shape index (κ1) is 18.9. The Morgan fingerprint density at radius 2 is 2.04 bits per heavy atom. The van der Waals surface area contributed by atoms with Gasteiger partial charge in [0.05, 0.1) is 11.1 Å². The van der Waals surface area contributed by atoms with Crippen molar-refractivity contribution in [2.24, 2.45) is 0 Å². The highest BCUT2D eigenvalue weighted by molar-refractivity contribution is 9.10. The molecule has 2 heterocycles. The molecule has 3 amide bonds. The summed E-state index contributed by atoms with van der Waals surface area (Å²) < 4.78 is 0.752. The molecule has 0 radical (unpaired) electrons. The second kappa shape index (κ2) is 8.09. The molecule has 2 aliphatic rings. The van der Waals surface area contributed by atoms with Crippen LogP contribution in [0.2, 0.25) is 0 Å². The number of amides is 3. The number of carbonyl (C=O) groups excluding carboxylic acids is 3. The van der Waals surface area contributed by atoms with E-state index in [1.54, 1.807) is 18.2 Å². The van der Waals surface area contributed by atoms with Crippen LogP contribution in [0.1, 0.15) is 40.0 Å². The number of fused-ring (bicyclic) bond motifs is 1.